The van der Waals surface area contributed by atoms with E-state index in [1.54, 1.807) is 0 Å². The van der Waals surface area contributed by atoms with Gasteiger partial charge in [0, 0.05) is 13.2 Å². The fourth-order valence-corrected chi connectivity index (χ4v) is 2.37. The van der Waals surface area contributed by atoms with Crippen LogP contribution in [0.5, 0.6) is 0 Å². The molecular formula is C14H28O. The summed E-state index contributed by atoms with van der Waals surface area (Å²) >= 11 is 0. The van der Waals surface area contributed by atoms with E-state index in [4.69, 9.17) is 4.74 Å². The lowest BCUT2D eigenvalue weighted by molar-refractivity contribution is 0.0631. The second kappa shape index (κ2) is 8.15. The molecule has 0 unspecified atom stereocenters. The Morgan fingerprint density at radius 2 is 1.67 bits per heavy atom. The maximum atomic E-state index is 5.37. The van der Waals surface area contributed by atoms with E-state index in [2.05, 4.69) is 13.8 Å². The summed E-state index contributed by atoms with van der Waals surface area (Å²) < 4.78 is 5.37. The molecule has 1 fully saturated rings. The van der Waals surface area contributed by atoms with E-state index < -0.39 is 0 Å². The van der Waals surface area contributed by atoms with E-state index in [1.165, 1.54) is 51.4 Å². The van der Waals surface area contributed by atoms with Crippen LogP contribution >= 0.6 is 0 Å². The van der Waals surface area contributed by atoms with Gasteiger partial charge < -0.3 is 4.74 Å². The monoisotopic (exact) mass is 212 g/mol. The Hall–Kier alpha value is -0.0400. The van der Waals surface area contributed by atoms with Crippen LogP contribution < -0.4 is 0 Å². The molecule has 0 saturated carbocycles. The molecule has 15 heavy (non-hydrogen) atoms. The van der Waals surface area contributed by atoms with Gasteiger partial charge in [0.15, 0.2) is 0 Å². The quantitative estimate of drug-likeness (QED) is 0.568. The summed E-state index contributed by atoms with van der Waals surface area (Å²) in [5.41, 5.74) is 0. The molecule has 0 aliphatic carbocycles. The van der Waals surface area contributed by atoms with Crippen molar-refractivity contribution in [3.05, 3.63) is 0 Å². The average molecular weight is 212 g/mol. The summed E-state index contributed by atoms with van der Waals surface area (Å²) in [5, 5.41) is 0. The highest BCUT2D eigenvalue weighted by Crippen LogP contribution is 2.21. The van der Waals surface area contributed by atoms with Gasteiger partial charge in [-0.25, -0.2) is 0 Å². The number of hydrogen-bond donors (Lipinski definition) is 0. The van der Waals surface area contributed by atoms with E-state index in [0.29, 0.717) is 0 Å². The first kappa shape index (κ1) is 13.0. The lowest BCUT2D eigenvalue weighted by Gasteiger charge is -2.21. The number of ether oxygens (including phenoxy) is 1. The van der Waals surface area contributed by atoms with Crippen molar-refractivity contribution in [3.8, 4) is 0 Å². The van der Waals surface area contributed by atoms with Crippen LogP contribution in [-0.4, -0.2) is 13.2 Å². The lowest BCUT2D eigenvalue weighted by Crippen LogP contribution is -2.15. The summed E-state index contributed by atoms with van der Waals surface area (Å²) in [6, 6.07) is 0. The maximum absolute atomic E-state index is 5.37. The Bertz CT molecular complexity index is 136. The van der Waals surface area contributed by atoms with Crippen molar-refractivity contribution in [2.24, 2.45) is 11.8 Å². The average Bonchev–Trinajstić information content (AvgIpc) is 2.24. The molecule has 1 heteroatoms. The first-order valence-electron chi connectivity index (χ1n) is 6.87. The molecular weight excluding hydrogens is 184 g/mol. The summed E-state index contributed by atoms with van der Waals surface area (Å²) in [7, 11) is 0. The molecule has 0 spiro atoms. The number of unbranched alkanes of at least 4 members (excludes halogenated alkanes) is 3. The second-order valence-electron chi connectivity index (χ2n) is 5.44. The van der Waals surface area contributed by atoms with Crippen LogP contribution in [0.25, 0.3) is 0 Å². The van der Waals surface area contributed by atoms with Crippen LogP contribution in [0.2, 0.25) is 0 Å². The van der Waals surface area contributed by atoms with Crippen molar-refractivity contribution in [2.45, 2.75) is 65.2 Å². The highest BCUT2D eigenvalue weighted by molar-refractivity contribution is 4.63. The van der Waals surface area contributed by atoms with Crippen molar-refractivity contribution >= 4 is 0 Å². The van der Waals surface area contributed by atoms with Crippen molar-refractivity contribution in [3.63, 3.8) is 0 Å². The van der Waals surface area contributed by atoms with Crippen LogP contribution in [0, 0.1) is 11.8 Å². The highest BCUT2D eigenvalue weighted by Gasteiger charge is 2.12. The first-order valence-corrected chi connectivity index (χ1v) is 6.87. The molecule has 1 saturated heterocycles. The van der Waals surface area contributed by atoms with Crippen LogP contribution in [0.4, 0.5) is 0 Å². The minimum absolute atomic E-state index is 0.889. The molecule has 0 aromatic rings. The molecule has 0 radical (unpaired) electrons. The molecule has 1 aliphatic heterocycles. The molecule has 90 valence electrons. The number of hydrogen-bond acceptors (Lipinski definition) is 1. The fourth-order valence-electron chi connectivity index (χ4n) is 2.37. The minimum atomic E-state index is 0.889. The van der Waals surface area contributed by atoms with Gasteiger partial charge in [-0.3, -0.25) is 0 Å². The lowest BCUT2D eigenvalue weighted by atomic mass is 9.93. The van der Waals surface area contributed by atoms with Crippen LogP contribution in [0.1, 0.15) is 65.2 Å². The van der Waals surface area contributed by atoms with Crippen molar-refractivity contribution in [1.29, 1.82) is 0 Å². The second-order valence-corrected chi connectivity index (χ2v) is 5.44. The van der Waals surface area contributed by atoms with Gasteiger partial charge in [-0.1, -0.05) is 52.4 Å². The predicted molar refractivity (Wildman–Crippen MR) is 66.1 cm³/mol. The van der Waals surface area contributed by atoms with Crippen molar-refractivity contribution in [2.75, 3.05) is 13.2 Å². The predicted octanol–water partition coefficient (Wildman–Crippen LogP) is 4.41. The maximum Gasteiger partial charge on any atom is 0.0468 e. The third-order valence-corrected chi connectivity index (χ3v) is 3.48. The zero-order valence-corrected chi connectivity index (χ0v) is 10.6. The summed E-state index contributed by atoms with van der Waals surface area (Å²) in [6.07, 6.45) is 11.3. The first-order chi connectivity index (χ1) is 7.29. The number of rotatable bonds is 7. The van der Waals surface area contributed by atoms with Gasteiger partial charge in [0.2, 0.25) is 0 Å². The van der Waals surface area contributed by atoms with Crippen molar-refractivity contribution < 1.29 is 4.74 Å². The van der Waals surface area contributed by atoms with Crippen LogP contribution in [0.3, 0.4) is 0 Å². The van der Waals surface area contributed by atoms with Gasteiger partial charge in [-0.2, -0.15) is 0 Å². The SMILES string of the molecule is CC(C)CCCCCCC1CCOCC1. The Labute approximate surface area is 95.6 Å². The normalized spacial score (nSPS) is 18.6. The molecule has 1 rings (SSSR count). The largest absolute Gasteiger partial charge is 0.381 e. The molecule has 1 aliphatic rings. The Balaban J connectivity index is 1.83. The molecule has 0 bridgehead atoms. The van der Waals surface area contributed by atoms with Gasteiger partial charge in [0.05, 0.1) is 0 Å². The van der Waals surface area contributed by atoms with E-state index >= 15 is 0 Å². The van der Waals surface area contributed by atoms with Gasteiger partial charge in [0.25, 0.3) is 0 Å². The third kappa shape index (κ3) is 6.94. The molecule has 0 amide bonds. The standard InChI is InChI=1S/C14H28O/c1-13(2)7-5-3-4-6-8-14-9-11-15-12-10-14/h13-14H,3-12H2,1-2H3. The smallest absolute Gasteiger partial charge is 0.0468 e. The Morgan fingerprint density at radius 3 is 2.33 bits per heavy atom. The minimum Gasteiger partial charge on any atom is -0.381 e. The molecule has 1 heterocycles. The Kier molecular flexibility index (Phi) is 7.08. The van der Waals surface area contributed by atoms with E-state index in [-0.39, 0.29) is 0 Å². The molecule has 0 N–H and O–H groups in total. The molecule has 0 aromatic carbocycles. The third-order valence-electron chi connectivity index (χ3n) is 3.48. The van der Waals surface area contributed by atoms with Crippen molar-refractivity contribution in [1.82, 2.24) is 0 Å². The molecule has 0 aromatic heterocycles. The summed E-state index contributed by atoms with van der Waals surface area (Å²) in [5.74, 6) is 1.87. The zero-order chi connectivity index (χ0) is 10.9. The molecule has 1 nitrogen and oxygen atoms in total. The summed E-state index contributed by atoms with van der Waals surface area (Å²) in [4.78, 5) is 0. The van der Waals surface area contributed by atoms with Crippen LogP contribution in [-0.2, 0) is 4.74 Å². The van der Waals surface area contributed by atoms with Gasteiger partial charge >= 0.3 is 0 Å². The topological polar surface area (TPSA) is 9.23 Å². The van der Waals surface area contributed by atoms with E-state index in [0.717, 1.165) is 25.0 Å². The van der Waals surface area contributed by atoms with Gasteiger partial charge in [-0.05, 0) is 24.7 Å². The fraction of sp³-hybridized carbons (Fsp3) is 1.00. The van der Waals surface area contributed by atoms with Gasteiger partial charge in [0.1, 0.15) is 0 Å². The molecule has 0 atom stereocenters. The zero-order valence-electron chi connectivity index (χ0n) is 10.6. The van der Waals surface area contributed by atoms with E-state index in [1.807, 2.05) is 0 Å². The Morgan fingerprint density at radius 1 is 1.00 bits per heavy atom. The highest BCUT2D eigenvalue weighted by atomic mass is 16.5. The van der Waals surface area contributed by atoms with Crippen LogP contribution in [0.15, 0.2) is 0 Å². The van der Waals surface area contributed by atoms with Gasteiger partial charge in [-0.15, -0.1) is 0 Å². The summed E-state index contributed by atoms with van der Waals surface area (Å²) in [6.45, 7) is 6.67. The van der Waals surface area contributed by atoms with E-state index in [9.17, 15) is 0 Å².